The molecule has 0 spiro atoms. The van der Waals surface area contributed by atoms with Crippen molar-refractivity contribution >= 4 is 11.8 Å². The lowest BCUT2D eigenvalue weighted by Gasteiger charge is -2.41. The number of aryl methyl sites for hydroxylation is 1. The standard InChI is InChI=1S/C23H33N3O2/c1-17-6-2-5-9-20(17)23(28)26-14-12-25(13-15-26)21(19-7-3-4-8-19)22(27)24-16-18-10-11-18/h2,5-6,9,18-19,21H,3-4,7-8,10-16H2,1H3,(H,24,27)/t21-/m0/s1. The zero-order chi connectivity index (χ0) is 19.5. The second kappa shape index (κ2) is 8.64. The van der Waals surface area contributed by atoms with Crippen LogP contribution in [0.4, 0.5) is 0 Å². The van der Waals surface area contributed by atoms with Crippen molar-refractivity contribution in [2.75, 3.05) is 32.7 Å². The quantitative estimate of drug-likeness (QED) is 0.822. The summed E-state index contributed by atoms with van der Waals surface area (Å²) in [5.74, 6) is 1.51. The first kappa shape index (κ1) is 19.4. The van der Waals surface area contributed by atoms with E-state index in [1.165, 1.54) is 25.7 Å². The predicted octanol–water partition coefficient (Wildman–Crippen LogP) is 2.84. The molecule has 1 aromatic carbocycles. The fourth-order valence-corrected chi connectivity index (χ4v) is 4.81. The molecule has 2 aliphatic carbocycles. The molecule has 1 heterocycles. The van der Waals surface area contributed by atoms with Crippen LogP contribution < -0.4 is 5.32 Å². The molecule has 1 saturated heterocycles. The van der Waals surface area contributed by atoms with E-state index in [4.69, 9.17) is 0 Å². The van der Waals surface area contributed by atoms with Crippen molar-refractivity contribution in [1.82, 2.24) is 15.1 Å². The largest absolute Gasteiger partial charge is 0.354 e. The SMILES string of the molecule is Cc1ccccc1C(=O)N1CCN([C@H](C(=O)NCC2CC2)C2CCCC2)CC1. The molecule has 2 saturated carbocycles. The molecule has 0 radical (unpaired) electrons. The van der Waals surface area contributed by atoms with Crippen molar-refractivity contribution in [3.05, 3.63) is 35.4 Å². The van der Waals surface area contributed by atoms with E-state index in [9.17, 15) is 9.59 Å². The van der Waals surface area contributed by atoms with Crippen molar-refractivity contribution in [3.8, 4) is 0 Å². The topological polar surface area (TPSA) is 52.7 Å². The Labute approximate surface area is 168 Å². The summed E-state index contributed by atoms with van der Waals surface area (Å²) in [7, 11) is 0. The van der Waals surface area contributed by atoms with E-state index in [-0.39, 0.29) is 17.9 Å². The molecule has 5 nitrogen and oxygen atoms in total. The lowest BCUT2D eigenvalue weighted by Crippen LogP contribution is -2.58. The third-order valence-electron chi connectivity index (χ3n) is 6.75. The van der Waals surface area contributed by atoms with Crippen LogP contribution in [0.3, 0.4) is 0 Å². The maximum Gasteiger partial charge on any atom is 0.254 e. The molecule has 1 aromatic rings. The Balaban J connectivity index is 1.38. The summed E-state index contributed by atoms with van der Waals surface area (Å²) >= 11 is 0. The summed E-state index contributed by atoms with van der Waals surface area (Å²) in [6.45, 7) is 5.81. The van der Waals surface area contributed by atoms with Gasteiger partial charge in [0, 0.05) is 38.3 Å². The minimum Gasteiger partial charge on any atom is -0.354 e. The van der Waals surface area contributed by atoms with E-state index < -0.39 is 0 Å². The number of hydrogen-bond donors (Lipinski definition) is 1. The van der Waals surface area contributed by atoms with Gasteiger partial charge in [0.05, 0.1) is 6.04 Å². The van der Waals surface area contributed by atoms with Gasteiger partial charge in [-0.3, -0.25) is 14.5 Å². The highest BCUT2D eigenvalue weighted by Crippen LogP contribution is 2.32. The number of piperazine rings is 1. The van der Waals surface area contributed by atoms with Gasteiger partial charge in [-0.1, -0.05) is 31.0 Å². The molecule has 3 aliphatic rings. The van der Waals surface area contributed by atoms with Gasteiger partial charge in [-0.25, -0.2) is 0 Å². The van der Waals surface area contributed by atoms with Crippen molar-refractivity contribution in [2.45, 2.75) is 51.5 Å². The van der Waals surface area contributed by atoms with Crippen LogP contribution in [0.2, 0.25) is 0 Å². The van der Waals surface area contributed by atoms with Gasteiger partial charge >= 0.3 is 0 Å². The van der Waals surface area contributed by atoms with Gasteiger partial charge in [0.25, 0.3) is 5.91 Å². The highest BCUT2D eigenvalue weighted by atomic mass is 16.2. The summed E-state index contributed by atoms with van der Waals surface area (Å²) < 4.78 is 0. The molecule has 28 heavy (non-hydrogen) atoms. The molecule has 1 aliphatic heterocycles. The van der Waals surface area contributed by atoms with Crippen LogP contribution in [0.15, 0.2) is 24.3 Å². The molecule has 0 bridgehead atoms. The number of benzene rings is 1. The molecule has 0 aromatic heterocycles. The first-order chi connectivity index (χ1) is 13.6. The van der Waals surface area contributed by atoms with Crippen molar-refractivity contribution in [2.24, 2.45) is 11.8 Å². The first-order valence-electron chi connectivity index (χ1n) is 11.0. The Kier molecular flexibility index (Phi) is 6.00. The fraction of sp³-hybridized carbons (Fsp3) is 0.652. The average Bonchev–Trinajstić information content (AvgIpc) is 3.40. The van der Waals surface area contributed by atoms with Crippen LogP contribution in [-0.2, 0) is 4.79 Å². The number of rotatable bonds is 6. The molecular weight excluding hydrogens is 350 g/mol. The lowest BCUT2D eigenvalue weighted by molar-refractivity contribution is -0.129. The van der Waals surface area contributed by atoms with Gasteiger partial charge in [-0.15, -0.1) is 0 Å². The smallest absolute Gasteiger partial charge is 0.254 e. The maximum absolute atomic E-state index is 13.0. The molecule has 1 N–H and O–H groups in total. The highest BCUT2D eigenvalue weighted by molar-refractivity contribution is 5.95. The Morgan fingerprint density at radius 1 is 1.04 bits per heavy atom. The van der Waals surface area contributed by atoms with E-state index in [1.54, 1.807) is 0 Å². The van der Waals surface area contributed by atoms with E-state index in [2.05, 4.69) is 10.2 Å². The molecule has 1 atom stereocenters. The van der Waals surface area contributed by atoms with Crippen molar-refractivity contribution < 1.29 is 9.59 Å². The van der Waals surface area contributed by atoms with Gasteiger partial charge in [0.2, 0.25) is 5.91 Å². The molecule has 152 valence electrons. The molecule has 0 unspecified atom stereocenters. The van der Waals surface area contributed by atoms with Gasteiger partial charge in [0.15, 0.2) is 0 Å². The van der Waals surface area contributed by atoms with Crippen LogP contribution in [-0.4, -0.2) is 60.4 Å². The maximum atomic E-state index is 13.0. The Morgan fingerprint density at radius 3 is 2.36 bits per heavy atom. The number of amides is 2. The summed E-state index contributed by atoms with van der Waals surface area (Å²) in [6.07, 6.45) is 7.31. The van der Waals surface area contributed by atoms with E-state index in [1.807, 2.05) is 36.1 Å². The van der Waals surface area contributed by atoms with Crippen LogP contribution in [0.25, 0.3) is 0 Å². The normalized spacial score (nSPS) is 22.2. The Morgan fingerprint density at radius 2 is 1.71 bits per heavy atom. The fourth-order valence-electron chi connectivity index (χ4n) is 4.81. The monoisotopic (exact) mass is 383 g/mol. The summed E-state index contributed by atoms with van der Waals surface area (Å²) in [5.41, 5.74) is 1.82. The highest BCUT2D eigenvalue weighted by Gasteiger charge is 2.38. The Bertz CT molecular complexity index is 702. The van der Waals surface area contributed by atoms with Crippen molar-refractivity contribution in [3.63, 3.8) is 0 Å². The molecule has 2 amide bonds. The zero-order valence-electron chi connectivity index (χ0n) is 17.0. The van der Waals surface area contributed by atoms with Crippen LogP contribution in [0.5, 0.6) is 0 Å². The summed E-state index contributed by atoms with van der Waals surface area (Å²) in [6, 6.07) is 7.78. The third-order valence-corrected chi connectivity index (χ3v) is 6.75. The molecular formula is C23H33N3O2. The molecule has 5 heteroatoms. The third kappa shape index (κ3) is 4.40. The van der Waals surface area contributed by atoms with E-state index in [0.717, 1.165) is 43.6 Å². The van der Waals surface area contributed by atoms with Gasteiger partial charge in [-0.05, 0) is 56.1 Å². The average molecular weight is 384 g/mol. The van der Waals surface area contributed by atoms with Gasteiger partial charge in [-0.2, -0.15) is 0 Å². The number of nitrogens with zero attached hydrogens (tertiary/aromatic N) is 2. The summed E-state index contributed by atoms with van der Waals surface area (Å²) in [5, 5.41) is 3.23. The molecule has 4 rings (SSSR count). The van der Waals surface area contributed by atoms with E-state index >= 15 is 0 Å². The number of nitrogens with one attached hydrogen (secondary N) is 1. The lowest BCUT2D eigenvalue weighted by atomic mass is 9.94. The minimum absolute atomic E-state index is 0.0167. The molecule has 3 fully saturated rings. The zero-order valence-corrected chi connectivity index (χ0v) is 17.0. The number of carbonyl (C=O) groups is 2. The number of carbonyl (C=O) groups excluding carboxylic acids is 2. The first-order valence-corrected chi connectivity index (χ1v) is 11.0. The Hall–Kier alpha value is -1.88. The second-order valence-corrected chi connectivity index (χ2v) is 8.82. The van der Waals surface area contributed by atoms with Gasteiger partial charge < -0.3 is 10.2 Å². The second-order valence-electron chi connectivity index (χ2n) is 8.82. The predicted molar refractivity (Wildman–Crippen MR) is 110 cm³/mol. The van der Waals surface area contributed by atoms with E-state index in [0.29, 0.717) is 24.9 Å². The number of hydrogen-bond acceptors (Lipinski definition) is 3. The van der Waals surface area contributed by atoms with Crippen LogP contribution in [0, 0.1) is 18.8 Å². The van der Waals surface area contributed by atoms with Crippen molar-refractivity contribution in [1.29, 1.82) is 0 Å². The minimum atomic E-state index is -0.0167. The van der Waals surface area contributed by atoms with Gasteiger partial charge in [0.1, 0.15) is 0 Å². The van der Waals surface area contributed by atoms with Crippen LogP contribution >= 0.6 is 0 Å². The summed E-state index contributed by atoms with van der Waals surface area (Å²) in [4.78, 5) is 30.2. The van der Waals surface area contributed by atoms with Crippen LogP contribution in [0.1, 0.15) is 54.4 Å².